The number of amides is 1. The normalized spacial score (nSPS) is 15.0. The number of carbonyl (C=O) groups is 2. The quantitative estimate of drug-likeness (QED) is 0.712. The van der Waals surface area contributed by atoms with E-state index in [0.717, 1.165) is 18.4 Å². The van der Waals surface area contributed by atoms with E-state index in [9.17, 15) is 19.5 Å². The van der Waals surface area contributed by atoms with Crippen LogP contribution in [0.5, 0.6) is 0 Å². The first kappa shape index (κ1) is 19.0. The molecule has 29 heavy (non-hydrogen) atoms. The lowest BCUT2D eigenvalue weighted by molar-refractivity contribution is 0.0690. The molecule has 0 radical (unpaired) electrons. The summed E-state index contributed by atoms with van der Waals surface area (Å²) in [5.41, 5.74) is 3.00. The molecule has 0 spiro atoms. The number of carboxylic acid groups (broad SMARTS) is 1. The molecular weight excluding hydrogens is 370 g/mol. The first-order valence-corrected chi connectivity index (χ1v) is 9.73. The molecule has 7 nitrogen and oxygen atoms in total. The molecule has 0 bridgehead atoms. The number of aromatic amines is 1. The Kier molecular flexibility index (Phi) is 4.96. The number of carbonyl (C=O) groups excluding carboxylic acids is 1. The topological polar surface area (TPSA) is 95.4 Å². The van der Waals surface area contributed by atoms with Crippen LogP contribution in [-0.2, 0) is 13.5 Å². The standard InChI is InChI=1S/C22H23N3O4/c1-24-19-13-16(6-7-18(19)23-22(24)29)20(26)25-10-8-14(9-11-25)12-15-4-2-3-5-17(15)21(27)28/h2-7,13-14H,8-12H2,1H3,(H,23,29)(H,27,28). The molecule has 1 fully saturated rings. The van der Waals surface area contributed by atoms with Gasteiger partial charge in [0.1, 0.15) is 0 Å². The summed E-state index contributed by atoms with van der Waals surface area (Å²) < 4.78 is 1.50. The number of hydrogen-bond acceptors (Lipinski definition) is 3. The number of likely N-dealkylation sites (tertiary alicyclic amines) is 1. The smallest absolute Gasteiger partial charge is 0.335 e. The first-order valence-electron chi connectivity index (χ1n) is 9.73. The lowest BCUT2D eigenvalue weighted by Crippen LogP contribution is -2.39. The summed E-state index contributed by atoms with van der Waals surface area (Å²) in [7, 11) is 1.68. The van der Waals surface area contributed by atoms with Crippen LogP contribution in [0, 0.1) is 5.92 Å². The SMILES string of the molecule is Cn1c(=O)[nH]c2ccc(C(=O)N3CCC(Cc4ccccc4C(=O)O)CC3)cc21. The summed E-state index contributed by atoms with van der Waals surface area (Å²) in [4.78, 5) is 40.7. The average molecular weight is 393 g/mol. The van der Waals surface area contributed by atoms with E-state index < -0.39 is 5.97 Å². The van der Waals surface area contributed by atoms with E-state index in [4.69, 9.17) is 0 Å². The van der Waals surface area contributed by atoms with Crippen molar-refractivity contribution in [2.24, 2.45) is 13.0 Å². The minimum atomic E-state index is -0.900. The molecule has 3 aromatic rings. The Hall–Kier alpha value is -3.35. The Labute approximate surface area is 167 Å². The average Bonchev–Trinajstić information content (AvgIpc) is 3.01. The molecular formula is C22H23N3O4. The first-order chi connectivity index (χ1) is 13.9. The number of nitrogens with zero attached hydrogens (tertiary/aromatic N) is 2. The molecule has 4 rings (SSSR count). The molecule has 150 valence electrons. The third-order valence-corrected chi connectivity index (χ3v) is 5.81. The highest BCUT2D eigenvalue weighted by molar-refractivity contribution is 5.97. The van der Waals surface area contributed by atoms with Gasteiger partial charge in [-0.2, -0.15) is 0 Å². The van der Waals surface area contributed by atoms with E-state index in [-0.39, 0.29) is 11.6 Å². The molecule has 1 aromatic heterocycles. The van der Waals surface area contributed by atoms with Gasteiger partial charge in [0.25, 0.3) is 5.91 Å². The van der Waals surface area contributed by atoms with Gasteiger partial charge in [0, 0.05) is 25.7 Å². The number of rotatable bonds is 4. The molecule has 0 atom stereocenters. The molecule has 1 aliphatic rings. The van der Waals surface area contributed by atoms with Crippen LogP contribution in [0.15, 0.2) is 47.3 Å². The Balaban J connectivity index is 1.43. The third-order valence-electron chi connectivity index (χ3n) is 5.81. The van der Waals surface area contributed by atoms with E-state index in [1.165, 1.54) is 4.57 Å². The summed E-state index contributed by atoms with van der Waals surface area (Å²) in [5.74, 6) is -0.583. The molecule has 1 aliphatic heterocycles. The largest absolute Gasteiger partial charge is 0.478 e. The molecule has 0 unspecified atom stereocenters. The second kappa shape index (κ2) is 7.58. The lowest BCUT2D eigenvalue weighted by atomic mass is 9.88. The van der Waals surface area contributed by atoms with Crippen molar-refractivity contribution in [2.75, 3.05) is 13.1 Å². The maximum Gasteiger partial charge on any atom is 0.335 e. The van der Waals surface area contributed by atoms with Gasteiger partial charge in [-0.15, -0.1) is 0 Å². The number of fused-ring (bicyclic) bond motifs is 1. The predicted octanol–water partition coefficient (Wildman–Crippen LogP) is 2.66. The zero-order valence-corrected chi connectivity index (χ0v) is 16.2. The van der Waals surface area contributed by atoms with Gasteiger partial charge < -0.3 is 15.0 Å². The number of aryl methyl sites for hydroxylation is 1. The summed E-state index contributed by atoms with van der Waals surface area (Å²) in [6.07, 6.45) is 2.39. The van der Waals surface area contributed by atoms with Gasteiger partial charge in [0.2, 0.25) is 0 Å². The van der Waals surface area contributed by atoms with E-state index >= 15 is 0 Å². The van der Waals surface area contributed by atoms with Crippen LogP contribution in [0.4, 0.5) is 0 Å². The van der Waals surface area contributed by atoms with Gasteiger partial charge >= 0.3 is 11.7 Å². The van der Waals surface area contributed by atoms with Crippen molar-refractivity contribution in [1.82, 2.24) is 14.5 Å². The molecule has 2 heterocycles. The maximum absolute atomic E-state index is 12.9. The minimum Gasteiger partial charge on any atom is -0.478 e. The number of aromatic nitrogens is 2. The van der Waals surface area contributed by atoms with Crippen LogP contribution in [0.2, 0.25) is 0 Å². The number of carboxylic acids is 1. The fourth-order valence-corrected chi connectivity index (χ4v) is 4.10. The van der Waals surface area contributed by atoms with Crippen LogP contribution < -0.4 is 5.69 Å². The molecule has 7 heteroatoms. The number of piperidine rings is 1. The van der Waals surface area contributed by atoms with Crippen molar-refractivity contribution in [1.29, 1.82) is 0 Å². The number of aromatic carboxylic acids is 1. The number of benzene rings is 2. The summed E-state index contributed by atoms with van der Waals surface area (Å²) in [6.45, 7) is 1.28. The summed E-state index contributed by atoms with van der Waals surface area (Å²) in [6, 6.07) is 12.4. The summed E-state index contributed by atoms with van der Waals surface area (Å²) in [5, 5.41) is 9.36. The van der Waals surface area contributed by atoms with Crippen molar-refractivity contribution in [2.45, 2.75) is 19.3 Å². The number of nitrogens with one attached hydrogen (secondary N) is 1. The zero-order valence-electron chi connectivity index (χ0n) is 16.2. The van der Waals surface area contributed by atoms with Crippen LogP contribution in [0.1, 0.15) is 39.1 Å². The fourth-order valence-electron chi connectivity index (χ4n) is 4.10. The van der Waals surface area contributed by atoms with Gasteiger partial charge in [-0.3, -0.25) is 9.36 Å². The molecule has 1 saturated heterocycles. The second-order valence-electron chi connectivity index (χ2n) is 7.62. The van der Waals surface area contributed by atoms with Crippen molar-refractivity contribution >= 4 is 22.9 Å². The van der Waals surface area contributed by atoms with Crippen LogP contribution >= 0.6 is 0 Å². The van der Waals surface area contributed by atoms with Gasteiger partial charge in [-0.05, 0) is 55.0 Å². The second-order valence-corrected chi connectivity index (χ2v) is 7.62. The summed E-state index contributed by atoms with van der Waals surface area (Å²) >= 11 is 0. The number of H-pyrrole nitrogens is 1. The molecule has 1 amide bonds. The van der Waals surface area contributed by atoms with E-state index in [2.05, 4.69) is 4.98 Å². The van der Waals surface area contributed by atoms with E-state index in [1.807, 2.05) is 17.0 Å². The Morgan fingerprint density at radius 1 is 1.14 bits per heavy atom. The van der Waals surface area contributed by atoms with Crippen LogP contribution in [0.3, 0.4) is 0 Å². The molecule has 0 saturated carbocycles. The van der Waals surface area contributed by atoms with E-state index in [1.54, 1.807) is 37.4 Å². The van der Waals surface area contributed by atoms with Crippen molar-refractivity contribution < 1.29 is 14.7 Å². The van der Waals surface area contributed by atoms with E-state index in [0.29, 0.717) is 47.6 Å². The minimum absolute atomic E-state index is 0.0371. The molecule has 0 aliphatic carbocycles. The van der Waals surface area contributed by atoms with Crippen molar-refractivity contribution in [3.8, 4) is 0 Å². The number of hydrogen-bond donors (Lipinski definition) is 2. The van der Waals surface area contributed by atoms with Gasteiger partial charge in [0.15, 0.2) is 0 Å². The van der Waals surface area contributed by atoms with Gasteiger partial charge in [-0.1, -0.05) is 18.2 Å². The Bertz CT molecular complexity index is 1140. The third kappa shape index (κ3) is 3.68. The molecule has 2 N–H and O–H groups in total. The maximum atomic E-state index is 12.9. The van der Waals surface area contributed by atoms with Crippen LogP contribution in [-0.4, -0.2) is 44.5 Å². The van der Waals surface area contributed by atoms with Crippen LogP contribution in [0.25, 0.3) is 11.0 Å². The zero-order chi connectivity index (χ0) is 20.5. The highest BCUT2D eigenvalue weighted by atomic mass is 16.4. The van der Waals surface area contributed by atoms with Gasteiger partial charge in [0.05, 0.1) is 16.6 Å². The Morgan fingerprint density at radius 3 is 2.59 bits per heavy atom. The van der Waals surface area contributed by atoms with Gasteiger partial charge in [-0.25, -0.2) is 9.59 Å². The fraction of sp³-hybridized carbons (Fsp3) is 0.318. The van der Waals surface area contributed by atoms with Crippen molar-refractivity contribution in [3.05, 3.63) is 69.6 Å². The molecule has 2 aromatic carbocycles. The highest BCUT2D eigenvalue weighted by Gasteiger charge is 2.25. The number of imidazole rings is 1. The highest BCUT2D eigenvalue weighted by Crippen LogP contribution is 2.25. The lowest BCUT2D eigenvalue weighted by Gasteiger charge is -2.32. The Morgan fingerprint density at radius 2 is 1.86 bits per heavy atom. The predicted molar refractivity (Wildman–Crippen MR) is 109 cm³/mol. The van der Waals surface area contributed by atoms with Crippen molar-refractivity contribution in [3.63, 3.8) is 0 Å². The monoisotopic (exact) mass is 393 g/mol.